The molecule has 0 spiro atoms. The molecule has 2 heterocycles. The van der Waals surface area contributed by atoms with Gasteiger partial charge in [0.2, 0.25) is 0 Å². The zero-order chi connectivity index (χ0) is 15.5. The summed E-state index contributed by atoms with van der Waals surface area (Å²) in [5.41, 5.74) is 3.75. The van der Waals surface area contributed by atoms with Gasteiger partial charge in [-0.3, -0.25) is 9.98 Å². The molecule has 0 aliphatic carbocycles. The Morgan fingerprint density at radius 3 is 2.61 bits per heavy atom. The second kappa shape index (κ2) is 6.21. The van der Waals surface area contributed by atoms with Crippen molar-refractivity contribution in [3.8, 4) is 0 Å². The predicted molar refractivity (Wildman–Crippen MR) is 96.1 cm³/mol. The largest absolute Gasteiger partial charge is 0.339 e. The highest BCUT2D eigenvalue weighted by Gasteiger charge is 2.18. The Morgan fingerprint density at radius 1 is 0.913 bits per heavy atom. The number of hydrogen-bond acceptors (Lipinski definition) is 2. The summed E-state index contributed by atoms with van der Waals surface area (Å²) in [6, 6.07) is 17.0. The number of nitrogens with zero attached hydrogens (tertiary/aromatic N) is 2. The van der Waals surface area contributed by atoms with Crippen molar-refractivity contribution >= 4 is 22.3 Å². The number of aromatic nitrogens is 1. The molecule has 23 heavy (non-hydrogen) atoms. The molecule has 4 rings (SSSR count). The van der Waals surface area contributed by atoms with Gasteiger partial charge in [0.25, 0.3) is 0 Å². The summed E-state index contributed by atoms with van der Waals surface area (Å²) in [7, 11) is 0. The summed E-state index contributed by atoms with van der Waals surface area (Å²) in [5, 5.41) is 6.03. The summed E-state index contributed by atoms with van der Waals surface area (Å²) in [5.74, 6) is 1.01. The first kappa shape index (κ1) is 13.9. The molecule has 0 unspecified atom stereocenters. The minimum atomic E-state index is 0.859. The van der Waals surface area contributed by atoms with Gasteiger partial charge in [0.05, 0.1) is 0 Å². The lowest BCUT2D eigenvalue weighted by atomic mass is 10.1. The highest BCUT2D eigenvalue weighted by Crippen LogP contribution is 2.32. The van der Waals surface area contributed by atoms with Crippen molar-refractivity contribution in [1.82, 2.24) is 4.98 Å². The van der Waals surface area contributed by atoms with E-state index in [-0.39, 0.29) is 0 Å². The van der Waals surface area contributed by atoms with E-state index in [4.69, 9.17) is 4.99 Å². The fourth-order valence-electron chi connectivity index (χ4n) is 3.14. The molecular weight excluding hydrogens is 282 g/mol. The molecule has 114 valence electrons. The van der Waals surface area contributed by atoms with Gasteiger partial charge >= 0.3 is 0 Å². The summed E-state index contributed by atoms with van der Waals surface area (Å²) >= 11 is 0. The maximum absolute atomic E-state index is 4.79. The van der Waals surface area contributed by atoms with Crippen LogP contribution in [0, 0.1) is 0 Å². The lowest BCUT2D eigenvalue weighted by molar-refractivity contribution is 0.745. The SMILES string of the molecule is c1cc2c3c(cccc3c1)C(=NCCCCc1ccncc1)N2. The smallest absolute Gasteiger partial charge is 0.133 e. The van der Waals surface area contributed by atoms with E-state index < -0.39 is 0 Å². The van der Waals surface area contributed by atoms with Gasteiger partial charge in [0.15, 0.2) is 0 Å². The number of amidine groups is 1. The maximum Gasteiger partial charge on any atom is 0.133 e. The molecule has 2 aromatic carbocycles. The van der Waals surface area contributed by atoms with Crippen LogP contribution in [0.3, 0.4) is 0 Å². The van der Waals surface area contributed by atoms with Crippen molar-refractivity contribution in [1.29, 1.82) is 0 Å². The van der Waals surface area contributed by atoms with E-state index in [0.29, 0.717) is 0 Å². The fraction of sp³-hybridized carbons (Fsp3) is 0.200. The third-order valence-electron chi connectivity index (χ3n) is 4.31. The molecule has 1 aliphatic heterocycles. The van der Waals surface area contributed by atoms with Crippen LogP contribution in [0.15, 0.2) is 65.9 Å². The third kappa shape index (κ3) is 2.82. The molecule has 3 heteroatoms. The zero-order valence-electron chi connectivity index (χ0n) is 13.0. The van der Waals surface area contributed by atoms with E-state index in [2.05, 4.69) is 58.8 Å². The van der Waals surface area contributed by atoms with E-state index >= 15 is 0 Å². The fourth-order valence-corrected chi connectivity index (χ4v) is 3.14. The first-order chi connectivity index (χ1) is 11.4. The van der Waals surface area contributed by atoms with Gasteiger partial charge in [-0.25, -0.2) is 0 Å². The molecule has 0 saturated heterocycles. The van der Waals surface area contributed by atoms with E-state index in [1.54, 1.807) is 0 Å². The van der Waals surface area contributed by atoms with Crippen molar-refractivity contribution in [2.45, 2.75) is 19.3 Å². The monoisotopic (exact) mass is 301 g/mol. The average Bonchev–Trinajstić information content (AvgIpc) is 2.96. The van der Waals surface area contributed by atoms with E-state index in [0.717, 1.165) is 31.6 Å². The normalized spacial score (nSPS) is 14.3. The molecule has 0 bridgehead atoms. The van der Waals surface area contributed by atoms with Gasteiger partial charge in [-0.2, -0.15) is 0 Å². The Balaban J connectivity index is 1.40. The van der Waals surface area contributed by atoms with Crippen molar-refractivity contribution in [3.63, 3.8) is 0 Å². The molecule has 0 atom stereocenters. The molecule has 1 aliphatic rings. The van der Waals surface area contributed by atoms with Gasteiger partial charge in [0, 0.05) is 35.6 Å². The molecule has 3 nitrogen and oxygen atoms in total. The van der Waals surface area contributed by atoms with Crippen LogP contribution in [0.2, 0.25) is 0 Å². The second-order valence-corrected chi connectivity index (χ2v) is 5.88. The highest BCUT2D eigenvalue weighted by atomic mass is 15.0. The highest BCUT2D eigenvalue weighted by molar-refractivity contribution is 6.25. The summed E-state index contributed by atoms with van der Waals surface area (Å²) < 4.78 is 0. The number of benzene rings is 2. The summed E-state index contributed by atoms with van der Waals surface area (Å²) in [6.07, 6.45) is 7.06. The topological polar surface area (TPSA) is 37.3 Å². The van der Waals surface area contributed by atoms with Gasteiger partial charge in [-0.1, -0.05) is 30.3 Å². The molecule has 0 radical (unpaired) electrons. The summed E-state index contributed by atoms with van der Waals surface area (Å²) in [4.78, 5) is 8.84. The summed E-state index contributed by atoms with van der Waals surface area (Å²) in [6.45, 7) is 0.859. The molecule has 1 N–H and O–H groups in total. The van der Waals surface area contributed by atoms with Crippen molar-refractivity contribution in [2.24, 2.45) is 4.99 Å². The van der Waals surface area contributed by atoms with Gasteiger partial charge in [0.1, 0.15) is 5.84 Å². The maximum atomic E-state index is 4.79. The van der Waals surface area contributed by atoms with Gasteiger partial charge < -0.3 is 5.32 Å². The van der Waals surface area contributed by atoms with Crippen molar-refractivity contribution in [3.05, 3.63) is 72.1 Å². The van der Waals surface area contributed by atoms with Crippen molar-refractivity contribution in [2.75, 3.05) is 11.9 Å². The van der Waals surface area contributed by atoms with Crippen LogP contribution in [0.25, 0.3) is 10.8 Å². The lowest BCUT2D eigenvalue weighted by Crippen LogP contribution is -2.08. The first-order valence-electron chi connectivity index (χ1n) is 8.14. The molecule has 1 aromatic heterocycles. The van der Waals surface area contributed by atoms with Crippen LogP contribution in [-0.2, 0) is 6.42 Å². The van der Waals surface area contributed by atoms with E-state index in [1.165, 1.54) is 27.6 Å². The number of pyridine rings is 1. The minimum Gasteiger partial charge on any atom is -0.339 e. The van der Waals surface area contributed by atoms with Crippen LogP contribution < -0.4 is 5.32 Å². The zero-order valence-corrected chi connectivity index (χ0v) is 13.0. The lowest BCUT2D eigenvalue weighted by Gasteiger charge is -2.02. The minimum absolute atomic E-state index is 0.859. The molecule has 3 aromatic rings. The van der Waals surface area contributed by atoms with E-state index in [9.17, 15) is 0 Å². The molecule has 0 fully saturated rings. The molecule has 0 saturated carbocycles. The van der Waals surface area contributed by atoms with Gasteiger partial charge in [-0.05, 0) is 48.4 Å². The Labute approximate surface area is 136 Å². The number of aliphatic imine (C=N–C) groups is 1. The predicted octanol–water partition coefficient (Wildman–Crippen LogP) is 4.43. The Bertz CT molecular complexity index is 848. The standard InChI is InChI=1S/C20H19N3/c1(5-15-10-13-21-14-11-15)2-12-22-20-17-8-3-6-16-7-4-9-18(23-20)19(16)17/h3-4,6-11,13-14H,1-2,5,12H2,(H,22,23). The third-order valence-corrected chi connectivity index (χ3v) is 4.31. The Kier molecular flexibility index (Phi) is 3.76. The quantitative estimate of drug-likeness (QED) is 0.708. The first-order valence-corrected chi connectivity index (χ1v) is 8.14. The second-order valence-electron chi connectivity index (χ2n) is 5.88. The van der Waals surface area contributed by atoms with Crippen molar-refractivity contribution < 1.29 is 0 Å². The van der Waals surface area contributed by atoms with Crippen LogP contribution >= 0.6 is 0 Å². The van der Waals surface area contributed by atoms with Crippen LogP contribution in [0.4, 0.5) is 5.69 Å². The molecule has 0 amide bonds. The van der Waals surface area contributed by atoms with E-state index in [1.807, 2.05) is 12.4 Å². The Hall–Kier alpha value is -2.68. The van der Waals surface area contributed by atoms with Crippen LogP contribution in [0.5, 0.6) is 0 Å². The van der Waals surface area contributed by atoms with Crippen LogP contribution in [0.1, 0.15) is 24.0 Å². The Morgan fingerprint density at radius 2 is 1.74 bits per heavy atom. The number of anilines is 1. The number of nitrogens with one attached hydrogen (secondary N) is 1. The number of rotatable bonds is 5. The molecular formula is C20H19N3. The number of aryl methyl sites for hydroxylation is 1. The number of hydrogen-bond donors (Lipinski definition) is 1. The average molecular weight is 301 g/mol. The van der Waals surface area contributed by atoms with Crippen LogP contribution in [-0.4, -0.2) is 17.4 Å². The van der Waals surface area contributed by atoms with Gasteiger partial charge in [-0.15, -0.1) is 0 Å². The number of unbranched alkanes of at least 4 members (excludes halogenated alkanes) is 1.